The predicted octanol–water partition coefficient (Wildman–Crippen LogP) is 2.60. The van der Waals surface area contributed by atoms with Gasteiger partial charge in [-0.25, -0.2) is 9.37 Å². The molecule has 0 saturated heterocycles. The molecule has 1 aromatic carbocycles. The number of amides is 1. The van der Waals surface area contributed by atoms with Gasteiger partial charge in [-0.3, -0.25) is 4.79 Å². The second-order valence-electron chi connectivity index (χ2n) is 3.78. The molecule has 2 N–H and O–H groups in total. The van der Waals surface area contributed by atoms with Gasteiger partial charge in [-0.2, -0.15) is 0 Å². The second kappa shape index (κ2) is 6.21. The first-order valence-corrected chi connectivity index (χ1v) is 5.96. The van der Waals surface area contributed by atoms with Gasteiger partial charge < -0.3 is 15.2 Å². The van der Waals surface area contributed by atoms with Crippen molar-refractivity contribution in [3.8, 4) is 11.5 Å². The third-order valence-corrected chi connectivity index (χ3v) is 2.59. The van der Waals surface area contributed by atoms with Crippen LogP contribution in [0.25, 0.3) is 0 Å². The normalized spacial score (nSPS) is 10.1. The summed E-state index contributed by atoms with van der Waals surface area (Å²) in [5.74, 6) is -0.954. The van der Waals surface area contributed by atoms with Gasteiger partial charge >= 0.3 is 0 Å². The number of benzene rings is 1. The molecule has 0 fully saturated rings. The standard InChI is InChI=1S/C13H10ClFN2O3/c14-9-6-8(15)3-4-11(9)20-7-12(19)17-13-10(18)2-1-5-16-13/h1-6,18H,7H2,(H,16,17,19). The van der Waals surface area contributed by atoms with Crippen LogP contribution in [0.2, 0.25) is 5.02 Å². The zero-order valence-electron chi connectivity index (χ0n) is 10.1. The molecule has 1 heterocycles. The first-order chi connectivity index (χ1) is 9.56. The highest BCUT2D eigenvalue weighted by Gasteiger charge is 2.09. The van der Waals surface area contributed by atoms with Crippen molar-refractivity contribution >= 4 is 23.3 Å². The van der Waals surface area contributed by atoms with Crippen molar-refractivity contribution in [3.63, 3.8) is 0 Å². The number of carbonyl (C=O) groups excluding carboxylic acids is 1. The summed E-state index contributed by atoms with van der Waals surface area (Å²) >= 11 is 5.75. The lowest BCUT2D eigenvalue weighted by molar-refractivity contribution is -0.118. The lowest BCUT2D eigenvalue weighted by Crippen LogP contribution is -2.20. The predicted molar refractivity (Wildman–Crippen MR) is 71.4 cm³/mol. The molecule has 5 nitrogen and oxygen atoms in total. The van der Waals surface area contributed by atoms with E-state index in [1.165, 1.54) is 30.5 Å². The highest BCUT2D eigenvalue weighted by Crippen LogP contribution is 2.25. The van der Waals surface area contributed by atoms with E-state index >= 15 is 0 Å². The summed E-state index contributed by atoms with van der Waals surface area (Å²) in [5.41, 5.74) is 0. The van der Waals surface area contributed by atoms with E-state index in [4.69, 9.17) is 16.3 Å². The molecule has 104 valence electrons. The average Bonchev–Trinajstić information content (AvgIpc) is 2.40. The Balaban J connectivity index is 1.94. The summed E-state index contributed by atoms with van der Waals surface area (Å²) < 4.78 is 18.0. The van der Waals surface area contributed by atoms with Gasteiger partial charge in [0.05, 0.1) is 5.02 Å². The van der Waals surface area contributed by atoms with Gasteiger partial charge in [0.2, 0.25) is 0 Å². The van der Waals surface area contributed by atoms with Crippen LogP contribution in [0.1, 0.15) is 0 Å². The number of aromatic hydroxyl groups is 1. The number of rotatable bonds is 4. The third kappa shape index (κ3) is 3.58. The zero-order valence-corrected chi connectivity index (χ0v) is 10.9. The van der Waals surface area contributed by atoms with Crippen molar-refractivity contribution < 1.29 is 19.0 Å². The summed E-state index contributed by atoms with van der Waals surface area (Å²) in [6.45, 7) is -0.346. The molecule has 2 aromatic rings. The van der Waals surface area contributed by atoms with E-state index < -0.39 is 11.7 Å². The van der Waals surface area contributed by atoms with Crippen LogP contribution in [0, 0.1) is 5.82 Å². The fraction of sp³-hybridized carbons (Fsp3) is 0.0769. The van der Waals surface area contributed by atoms with Gasteiger partial charge in [0, 0.05) is 6.20 Å². The fourth-order valence-corrected chi connectivity index (χ4v) is 1.62. The molecule has 0 aliphatic carbocycles. The number of nitrogens with zero attached hydrogens (tertiary/aromatic N) is 1. The van der Waals surface area contributed by atoms with Crippen LogP contribution in [0.4, 0.5) is 10.2 Å². The first-order valence-electron chi connectivity index (χ1n) is 5.58. The summed E-state index contributed by atoms with van der Waals surface area (Å²) in [4.78, 5) is 15.4. The smallest absolute Gasteiger partial charge is 0.263 e. The molecule has 20 heavy (non-hydrogen) atoms. The molecule has 0 atom stereocenters. The van der Waals surface area contributed by atoms with Crippen molar-refractivity contribution in [1.82, 2.24) is 4.98 Å². The van der Waals surface area contributed by atoms with Crippen molar-refractivity contribution in [1.29, 1.82) is 0 Å². The Morgan fingerprint density at radius 3 is 2.95 bits per heavy atom. The van der Waals surface area contributed by atoms with E-state index in [-0.39, 0.29) is 28.9 Å². The Bertz CT molecular complexity index is 637. The summed E-state index contributed by atoms with van der Waals surface area (Å²) in [6, 6.07) is 6.49. The van der Waals surface area contributed by atoms with E-state index in [0.29, 0.717) is 0 Å². The molecule has 0 unspecified atom stereocenters. The second-order valence-corrected chi connectivity index (χ2v) is 4.19. The number of hydrogen-bond donors (Lipinski definition) is 2. The third-order valence-electron chi connectivity index (χ3n) is 2.30. The van der Waals surface area contributed by atoms with Crippen LogP contribution in [0.3, 0.4) is 0 Å². The summed E-state index contributed by atoms with van der Waals surface area (Å²) in [6.07, 6.45) is 1.42. The van der Waals surface area contributed by atoms with Gasteiger partial charge in [0.1, 0.15) is 11.6 Å². The largest absolute Gasteiger partial charge is 0.504 e. The highest BCUT2D eigenvalue weighted by atomic mass is 35.5. The van der Waals surface area contributed by atoms with Gasteiger partial charge in [-0.1, -0.05) is 11.6 Å². The molecule has 0 radical (unpaired) electrons. The minimum absolute atomic E-state index is 0.0336. The number of carbonyl (C=O) groups is 1. The van der Waals surface area contributed by atoms with E-state index in [9.17, 15) is 14.3 Å². The van der Waals surface area contributed by atoms with Crippen molar-refractivity contribution in [2.24, 2.45) is 0 Å². The summed E-state index contributed by atoms with van der Waals surface area (Å²) in [5, 5.41) is 11.9. The number of nitrogens with one attached hydrogen (secondary N) is 1. The molecule has 1 aromatic heterocycles. The molecule has 1 amide bonds. The van der Waals surface area contributed by atoms with E-state index in [1.54, 1.807) is 0 Å². The molecule has 0 spiro atoms. The Hall–Kier alpha value is -2.34. The molecule has 2 rings (SSSR count). The zero-order chi connectivity index (χ0) is 14.5. The lowest BCUT2D eigenvalue weighted by Gasteiger charge is -2.09. The Kier molecular flexibility index (Phi) is 4.37. The molecular formula is C13H10ClFN2O3. The first kappa shape index (κ1) is 14.1. The molecule has 7 heteroatoms. The van der Waals surface area contributed by atoms with E-state index in [0.717, 1.165) is 6.07 Å². The SMILES string of the molecule is O=C(COc1ccc(F)cc1Cl)Nc1ncccc1O. The van der Waals surface area contributed by atoms with Crippen LogP contribution < -0.4 is 10.1 Å². The number of anilines is 1. The van der Waals surface area contributed by atoms with Gasteiger partial charge in [-0.05, 0) is 30.3 Å². The Labute approximate surface area is 119 Å². The molecule has 0 aliphatic heterocycles. The monoisotopic (exact) mass is 296 g/mol. The molecule has 0 aliphatic rings. The Morgan fingerprint density at radius 2 is 2.25 bits per heavy atom. The molecular weight excluding hydrogens is 287 g/mol. The summed E-state index contributed by atoms with van der Waals surface area (Å²) in [7, 11) is 0. The quantitative estimate of drug-likeness (QED) is 0.910. The van der Waals surface area contributed by atoms with Gasteiger partial charge in [0.25, 0.3) is 5.91 Å². The Morgan fingerprint density at radius 1 is 1.45 bits per heavy atom. The number of aromatic nitrogens is 1. The lowest BCUT2D eigenvalue weighted by atomic mass is 10.3. The van der Waals surface area contributed by atoms with Crippen LogP contribution in [-0.2, 0) is 4.79 Å². The number of ether oxygens (including phenoxy) is 1. The van der Waals surface area contributed by atoms with Crippen molar-refractivity contribution in [2.75, 3.05) is 11.9 Å². The highest BCUT2D eigenvalue weighted by molar-refractivity contribution is 6.32. The minimum Gasteiger partial charge on any atom is -0.504 e. The maximum Gasteiger partial charge on any atom is 0.263 e. The van der Waals surface area contributed by atoms with Crippen LogP contribution in [-0.4, -0.2) is 22.6 Å². The molecule has 0 saturated carbocycles. The minimum atomic E-state index is -0.528. The average molecular weight is 297 g/mol. The van der Waals surface area contributed by atoms with Gasteiger partial charge in [0.15, 0.2) is 18.2 Å². The van der Waals surface area contributed by atoms with Crippen LogP contribution in [0.15, 0.2) is 36.5 Å². The number of hydrogen-bond acceptors (Lipinski definition) is 4. The fourth-order valence-electron chi connectivity index (χ4n) is 1.40. The van der Waals surface area contributed by atoms with Crippen molar-refractivity contribution in [3.05, 3.63) is 47.4 Å². The van der Waals surface area contributed by atoms with E-state index in [2.05, 4.69) is 10.3 Å². The van der Waals surface area contributed by atoms with Crippen LogP contribution in [0.5, 0.6) is 11.5 Å². The van der Waals surface area contributed by atoms with Crippen molar-refractivity contribution in [2.45, 2.75) is 0 Å². The van der Waals surface area contributed by atoms with Gasteiger partial charge in [-0.15, -0.1) is 0 Å². The number of pyridine rings is 1. The molecule has 0 bridgehead atoms. The topological polar surface area (TPSA) is 71.5 Å². The van der Waals surface area contributed by atoms with Crippen LogP contribution >= 0.6 is 11.6 Å². The maximum absolute atomic E-state index is 12.8. The number of halogens is 2. The van der Waals surface area contributed by atoms with E-state index in [1.807, 2.05) is 0 Å². The maximum atomic E-state index is 12.8.